The molecule has 3 aromatic heterocycles. The van der Waals surface area contributed by atoms with Crippen molar-refractivity contribution in [2.75, 3.05) is 0 Å². The number of benzene rings is 2. The molecule has 3 heteroatoms. The van der Waals surface area contributed by atoms with E-state index in [2.05, 4.69) is 106 Å². The Bertz CT molecular complexity index is 1850. The Morgan fingerprint density at radius 3 is 2.42 bits per heavy atom. The zero-order chi connectivity index (χ0) is 25.1. The highest BCUT2D eigenvalue weighted by molar-refractivity contribution is 6.04. The summed E-state index contributed by atoms with van der Waals surface area (Å²) in [5.74, 6) is 0. The van der Waals surface area contributed by atoms with Gasteiger partial charge in [0.15, 0.2) is 0 Å². The molecule has 3 aliphatic carbocycles. The summed E-state index contributed by atoms with van der Waals surface area (Å²) < 4.78 is 4.98. The van der Waals surface area contributed by atoms with Crippen molar-refractivity contribution in [2.45, 2.75) is 38.5 Å². The van der Waals surface area contributed by atoms with Crippen molar-refractivity contribution in [1.29, 1.82) is 0 Å². The quantitative estimate of drug-likeness (QED) is 0.248. The molecule has 0 saturated heterocycles. The van der Waals surface area contributed by atoms with E-state index in [9.17, 15) is 0 Å². The fourth-order valence-corrected chi connectivity index (χ4v) is 6.78. The molecule has 0 unspecified atom stereocenters. The van der Waals surface area contributed by atoms with Gasteiger partial charge in [-0.3, -0.25) is 4.57 Å². The number of hydrogen-bond acceptors (Lipinski definition) is 1. The Morgan fingerprint density at radius 1 is 0.684 bits per heavy atom. The SMILES string of the molecule is C1=CC(C2=CCCC(n3c4c(c5ccccc53)CCc3c-4c4cccnc4n3-c3ccccc3)=C2)=CCC1. The van der Waals surface area contributed by atoms with E-state index in [0.717, 1.165) is 44.2 Å². The van der Waals surface area contributed by atoms with Gasteiger partial charge in [-0.25, -0.2) is 4.98 Å². The highest BCUT2D eigenvalue weighted by atomic mass is 15.1. The summed E-state index contributed by atoms with van der Waals surface area (Å²) in [5.41, 5.74) is 13.2. The lowest BCUT2D eigenvalue weighted by Gasteiger charge is -2.23. The van der Waals surface area contributed by atoms with E-state index in [1.165, 1.54) is 61.3 Å². The van der Waals surface area contributed by atoms with Crippen LogP contribution in [0.5, 0.6) is 0 Å². The van der Waals surface area contributed by atoms with Crippen LogP contribution in [0.1, 0.15) is 36.9 Å². The molecule has 0 amide bonds. The highest BCUT2D eigenvalue weighted by Crippen LogP contribution is 2.47. The molecule has 8 rings (SSSR count). The fraction of sp³-hybridized carbons (Fsp3) is 0.171. The molecule has 0 fully saturated rings. The van der Waals surface area contributed by atoms with Crippen LogP contribution in [0.3, 0.4) is 0 Å². The van der Waals surface area contributed by atoms with Crippen LogP contribution in [-0.2, 0) is 12.8 Å². The summed E-state index contributed by atoms with van der Waals surface area (Å²) in [6.07, 6.45) is 20.2. The molecule has 38 heavy (non-hydrogen) atoms. The lowest BCUT2D eigenvalue weighted by molar-refractivity contribution is 0.855. The zero-order valence-corrected chi connectivity index (χ0v) is 21.4. The molecule has 0 saturated carbocycles. The average Bonchev–Trinajstić information content (AvgIpc) is 3.51. The molecule has 3 aliphatic rings. The third kappa shape index (κ3) is 3.18. The molecule has 3 heterocycles. The summed E-state index contributed by atoms with van der Waals surface area (Å²) in [7, 11) is 0. The second-order valence-electron chi connectivity index (χ2n) is 10.5. The van der Waals surface area contributed by atoms with Crippen molar-refractivity contribution >= 4 is 27.6 Å². The number of aromatic nitrogens is 3. The molecule has 0 atom stereocenters. The maximum atomic E-state index is 4.92. The maximum absolute atomic E-state index is 4.92. The van der Waals surface area contributed by atoms with Crippen LogP contribution in [0.2, 0.25) is 0 Å². The molecule has 2 aromatic carbocycles. The number of hydrogen-bond donors (Lipinski definition) is 0. The molecular weight excluding hydrogens is 462 g/mol. The fourth-order valence-electron chi connectivity index (χ4n) is 6.78. The van der Waals surface area contributed by atoms with Crippen LogP contribution in [0.4, 0.5) is 0 Å². The summed E-state index contributed by atoms with van der Waals surface area (Å²) in [4.78, 5) is 4.92. The van der Waals surface area contributed by atoms with Gasteiger partial charge in [-0.05, 0) is 91.6 Å². The monoisotopic (exact) mass is 491 g/mol. The summed E-state index contributed by atoms with van der Waals surface area (Å²) >= 11 is 0. The van der Waals surface area contributed by atoms with Crippen molar-refractivity contribution in [3.63, 3.8) is 0 Å². The van der Waals surface area contributed by atoms with Gasteiger partial charge in [0.25, 0.3) is 0 Å². The number of nitrogens with zero attached hydrogens (tertiary/aromatic N) is 3. The van der Waals surface area contributed by atoms with E-state index in [1.807, 2.05) is 6.20 Å². The Kier molecular flexibility index (Phi) is 4.91. The molecule has 5 aromatic rings. The van der Waals surface area contributed by atoms with E-state index in [4.69, 9.17) is 4.98 Å². The number of rotatable bonds is 3. The maximum Gasteiger partial charge on any atom is 0.145 e. The predicted octanol–water partition coefficient (Wildman–Crippen LogP) is 8.58. The highest BCUT2D eigenvalue weighted by Gasteiger charge is 2.31. The number of para-hydroxylation sites is 2. The Hall–Kier alpha value is -4.37. The molecule has 0 N–H and O–H groups in total. The minimum absolute atomic E-state index is 1.00. The van der Waals surface area contributed by atoms with Gasteiger partial charge in [-0.1, -0.05) is 60.7 Å². The molecule has 0 bridgehead atoms. The first kappa shape index (κ1) is 21.7. The van der Waals surface area contributed by atoms with E-state index < -0.39 is 0 Å². The molecular formula is C35H29N3. The van der Waals surface area contributed by atoms with Crippen molar-refractivity contribution in [2.24, 2.45) is 0 Å². The first-order chi connectivity index (χ1) is 18.9. The lowest BCUT2D eigenvalue weighted by atomic mass is 9.91. The number of fused-ring (bicyclic) bond motifs is 7. The number of pyridine rings is 1. The van der Waals surface area contributed by atoms with Gasteiger partial charge in [0.2, 0.25) is 0 Å². The Balaban J connectivity index is 1.43. The molecule has 3 nitrogen and oxygen atoms in total. The first-order valence-corrected chi connectivity index (χ1v) is 13.8. The average molecular weight is 492 g/mol. The molecule has 184 valence electrons. The summed E-state index contributed by atoms with van der Waals surface area (Å²) in [6.45, 7) is 0. The van der Waals surface area contributed by atoms with E-state index in [1.54, 1.807) is 0 Å². The third-order valence-corrected chi connectivity index (χ3v) is 8.37. The van der Waals surface area contributed by atoms with Crippen molar-refractivity contribution in [3.8, 4) is 16.9 Å². The van der Waals surface area contributed by atoms with Gasteiger partial charge < -0.3 is 4.57 Å². The smallest absolute Gasteiger partial charge is 0.145 e. The van der Waals surface area contributed by atoms with Crippen LogP contribution in [0.25, 0.3) is 44.6 Å². The second-order valence-corrected chi connectivity index (χ2v) is 10.5. The second kappa shape index (κ2) is 8.59. The number of allylic oxidation sites excluding steroid dienone is 8. The Labute approximate surface area is 222 Å². The largest absolute Gasteiger partial charge is 0.313 e. The van der Waals surface area contributed by atoms with Gasteiger partial charge in [0, 0.05) is 39.6 Å². The summed E-state index contributed by atoms with van der Waals surface area (Å²) in [5, 5.41) is 2.62. The normalized spacial score (nSPS) is 16.7. The van der Waals surface area contributed by atoms with Crippen molar-refractivity contribution in [1.82, 2.24) is 14.1 Å². The van der Waals surface area contributed by atoms with Crippen molar-refractivity contribution < 1.29 is 0 Å². The van der Waals surface area contributed by atoms with Crippen LogP contribution in [0, 0.1) is 0 Å². The number of aryl methyl sites for hydroxylation is 1. The van der Waals surface area contributed by atoms with Gasteiger partial charge in [-0.2, -0.15) is 0 Å². The van der Waals surface area contributed by atoms with Crippen molar-refractivity contribution in [3.05, 3.63) is 126 Å². The molecule has 0 radical (unpaired) electrons. The third-order valence-electron chi connectivity index (χ3n) is 8.37. The van der Waals surface area contributed by atoms with Gasteiger partial charge in [0.05, 0.1) is 11.2 Å². The van der Waals surface area contributed by atoms with Crippen LogP contribution >= 0.6 is 0 Å². The van der Waals surface area contributed by atoms with E-state index in [-0.39, 0.29) is 0 Å². The van der Waals surface area contributed by atoms with Crippen LogP contribution < -0.4 is 0 Å². The van der Waals surface area contributed by atoms with E-state index >= 15 is 0 Å². The molecule has 0 aliphatic heterocycles. The van der Waals surface area contributed by atoms with Gasteiger partial charge >= 0.3 is 0 Å². The lowest BCUT2D eigenvalue weighted by Crippen LogP contribution is -2.11. The minimum atomic E-state index is 1.00. The molecule has 0 spiro atoms. The first-order valence-electron chi connectivity index (χ1n) is 13.8. The van der Waals surface area contributed by atoms with Gasteiger partial charge in [0.1, 0.15) is 5.65 Å². The van der Waals surface area contributed by atoms with Gasteiger partial charge in [-0.15, -0.1) is 0 Å². The summed E-state index contributed by atoms with van der Waals surface area (Å²) in [6, 6.07) is 24.1. The Morgan fingerprint density at radius 2 is 1.53 bits per heavy atom. The van der Waals surface area contributed by atoms with Crippen LogP contribution in [0.15, 0.2) is 114 Å². The van der Waals surface area contributed by atoms with Crippen LogP contribution in [-0.4, -0.2) is 14.1 Å². The minimum Gasteiger partial charge on any atom is -0.313 e. The predicted molar refractivity (Wildman–Crippen MR) is 157 cm³/mol. The topological polar surface area (TPSA) is 22.8 Å². The van der Waals surface area contributed by atoms with E-state index in [0.29, 0.717) is 0 Å². The standard InChI is InChI=1S/C35H29N3/c1-3-11-24(12-4-1)25-13-9-16-27(23-25)37-31-19-8-7-17-28(31)29-20-21-32-33(34(29)37)30-18-10-22-36-35(30)38(32)26-14-5-2-6-15-26/h2-3,5-8,10-15,17-19,22-23H,1,4,9,16,20-21H2. The zero-order valence-electron chi connectivity index (χ0n) is 21.4.